The Bertz CT molecular complexity index is 1500. The molecule has 0 radical (unpaired) electrons. The molecule has 0 N–H and O–H groups in total. The first-order valence-electron chi connectivity index (χ1n) is 11.6. The molecule has 0 aliphatic carbocycles. The lowest BCUT2D eigenvalue weighted by molar-refractivity contribution is 0.489. The molecule has 0 saturated carbocycles. The van der Waals surface area contributed by atoms with E-state index < -0.39 is 0 Å². The number of hydrogen-bond donors (Lipinski definition) is 0. The fraction of sp³-hybridized carbons (Fsp3) is 0.129. The number of ether oxygens (including phenoxy) is 1. The van der Waals surface area contributed by atoms with Crippen LogP contribution >= 0.6 is 0 Å². The summed E-state index contributed by atoms with van der Waals surface area (Å²) in [5.41, 5.74) is 8.92. The van der Waals surface area contributed by atoms with Gasteiger partial charge < -0.3 is 4.74 Å². The molecule has 1 aromatic heterocycles. The summed E-state index contributed by atoms with van der Waals surface area (Å²) in [6, 6.07) is 33.9. The van der Waals surface area contributed by atoms with Crippen molar-refractivity contribution in [3.05, 3.63) is 103 Å². The van der Waals surface area contributed by atoms with Gasteiger partial charge in [0.2, 0.25) is 0 Å². The van der Waals surface area contributed by atoms with E-state index >= 15 is 0 Å². The summed E-state index contributed by atoms with van der Waals surface area (Å²) in [5, 5.41) is 1.23. The molecule has 6 rings (SSSR count). The minimum atomic E-state index is 0.562. The summed E-state index contributed by atoms with van der Waals surface area (Å²) in [5.74, 6) is 2.30. The maximum atomic E-state index is 6.66. The topological polar surface area (TPSA) is 22.1 Å². The second kappa shape index (κ2) is 7.90. The fourth-order valence-electron chi connectivity index (χ4n) is 4.90. The fourth-order valence-corrected chi connectivity index (χ4v) is 4.90. The lowest BCUT2D eigenvalue weighted by Crippen LogP contribution is -1.99. The van der Waals surface area contributed by atoms with Crippen LogP contribution in [0.5, 0.6) is 11.5 Å². The highest BCUT2D eigenvalue weighted by Gasteiger charge is 2.23. The van der Waals surface area contributed by atoms with Gasteiger partial charge in [0.25, 0.3) is 0 Å². The number of fused-ring (bicyclic) bond motifs is 6. The van der Waals surface area contributed by atoms with Crippen LogP contribution in [0.1, 0.15) is 19.4 Å². The number of nitrogens with zero attached hydrogens (tertiary/aromatic N) is 1. The minimum absolute atomic E-state index is 0.562. The van der Waals surface area contributed by atoms with Crippen LogP contribution < -0.4 is 4.74 Å². The van der Waals surface area contributed by atoms with Gasteiger partial charge in [0.15, 0.2) is 0 Å². The Morgan fingerprint density at radius 3 is 2.12 bits per heavy atom. The Kier molecular flexibility index (Phi) is 4.73. The standard InChI is InChI=1S/C31H25NO/c1-20(2)18-21-19-29(32-28-16-7-5-10-22(21)28)27-15-9-14-26-24-12-4-3-11-23(24)25-13-6-8-17-30(25)33-31(26)27/h3-17,19-20H,18H2,1-2H3. The Morgan fingerprint density at radius 2 is 1.30 bits per heavy atom. The first-order chi connectivity index (χ1) is 16.2. The Hall–Kier alpha value is -3.91. The molecule has 2 heteroatoms. The Morgan fingerprint density at radius 1 is 0.667 bits per heavy atom. The molecule has 1 aliphatic heterocycles. The predicted molar refractivity (Wildman–Crippen MR) is 137 cm³/mol. The van der Waals surface area contributed by atoms with Crippen LogP contribution in [-0.4, -0.2) is 4.98 Å². The van der Waals surface area contributed by atoms with E-state index in [-0.39, 0.29) is 0 Å². The van der Waals surface area contributed by atoms with Crippen molar-refractivity contribution in [2.75, 3.05) is 0 Å². The van der Waals surface area contributed by atoms with Crippen molar-refractivity contribution in [1.29, 1.82) is 0 Å². The molecule has 0 spiro atoms. The second-order valence-electron chi connectivity index (χ2n) is 9.11. The van der Waals surface area contributed by atoms with Crippen molar-refractivity contribution < 1.29 is 4.74 Å². The maximum Gasteiger partial charge on any atom is 0.144 e. The quantitative estimate of drug-likeness (QED) is 0.282. The lowest BCUT2D eigenvalue weighted by Gasteiger charge is -2.16. The third kappa shape index (κ3) is 3.39. The van der Waals surface area contributed by atoms with Gasteiger partial charge in [-0.3, -0.25) is 0 Å². The molecule has 0 atom stereocenters. The number of rotatable bonds is 3. The molecular weight excluding hydrogens is 402 g/mol. The summed E-state index contributed by atoms with van der Waals surface area (Å²) in [7, 11) is 0. The number of pyridine rings is 1. The van der Waals surface area contributed by atoms with Gasteiger partial charge in [0, 0.05) is 22.1 Å². The lowest BCUT2D eigenvalue weighted by atomic mass is 9.92. The van der Waals surface area contributed by atoms with Crippen LogP contribution in [0.15, 0.2) is 97.1 Å². The van der Waals surface area contributed by atoms with E-state index in [0.29, 0.717) is 5.92 Å². The van der Waals surface area contributed by atoms with Crippen LogP contribution in [0.2, 0.25) is 0 Å². The minimum Gasteiger partial charge on any atom is -0.455 e. The van der Waals surface area contributed by atoms with E-state index in [1.807, 2.05) is 6.07 Å². The van der Waals surface area contributed by atoms with Crippen molar-refractivity contribution in [2.45, 2.75) is 20.3 Å². The molecule has 0 fully saturated rings. The third-order valence-electron chi connectivity index (χ3n) is 6.33. The van der Waals surface area contributed by atoms with Gasteiger partial charge in [-0.1, -0.05) is 86.6 Å². The highest BCUT2D eigenvalue weighted by Crippen LogP contribution is 2.49. The van der Waals surface area contributed by atoms with Gasteiger partial charge in [-0.05, 0) is 53.3 Å². The van der Waals surface area contributed by atoms with Gasteiger partial charge in [0.05, 0.1) is 11.2 Å². The summed E-state index contributed by atoms with van der Waals surface area (Å²) in [4.78, 5) is 5.08. The highest BCUT2D eigenvalue weighted by atomic mass is 16.5. The third-order valence-corrected chi connectivity index (χ3v) is 6.33. The zero-order chi connectivity index (χ0) is 22.4. The van der Waals surface area contributed by atoms with Crippen molar-refractivity contribution in [2.24, 2.45) is 5.92 Å². The molecule has 0 saturated heterocycles. The van der Waals surface area contributed by atoms with E-state index in [1.165, 1.54) is 22.1 Å². The van der Waals surface area contributed by atoms with Crippen LogP contribution in [0.3, 0.4) is 0 Å². The highest BCUT2D eigenvalue weighted by molar-refractivity contribution is 5.94. The summed E-state index contributed by atoms with van der Waals surface area (Å²) in [6.07, 6.45) is 1.01. The average molecular weight is 428 g/mol. The summed E-state index contributed by atoms with van der Waals surface area (Å²) in [6.45, 7) is 4.53. The predicted octanol–water partition coefficient (Wildman–Crippen LogP) is 8.54. The smallest absolute Gasteiger partial charge is 0.144 e. The summed E-state index contributed by atoms with van der Waals surface area (Å²) < 4.78 is 6.66. The molecule has 0 amide bonds. The number of hydrogen-bond acceptors (Lipinski definition) is 2. The van der Waals surface area contributed by atoms with E-state index in [4.69, 9.17) is 9.72 Å². The number of aromatic nitrogens is 1. The van der Waals surface area contributed by atoms with Crippen LogP contribution in [0, 0.1) is 5.92 Å². The molecule has 4 aromatic carbocycles. The Labute approximate surface area is 194 Å². The molecule has 160 valence electrons. The number of benzene rings is 4. The van der Waals surface area contributed by atoms with Gasteiger partial charge in [0.1, 0.15) is 11.5 Å². The first kappa shape index (κ1) is 19.8. The summed E-state index contributed by atoms with van der Waals surface area (Å²) >= 11 is 0. The zero-order valence-electron chi connectivity index (χ0n) is 18.9. The largest absolute Gasteiger partial charge is 0.455 e. The molecule has 5 aromatic rings. The van der Waals surface area contributed by atoms with Crippen LogP contribution in [-0.2, 0) is 6.42 Å². The van der Waals surface area contributed by atoms with Crippen LogP contribution in [0.4, 0.5) is 0 Å². The molecular formula is C31H25NO. The molecule has 2 heterocycles. The van der Waals surface area contributed by atoms with Gasteiger partial charge >= 0.3 is 0 Å². The monoisotopic (exact) mass is 427 g/mol. The maximum absolute atomic E-state index is 6.66. The van der Waals surface area contributed by atoms with Gasteiger partial charge in [-0.2, -0.15) is 0 Å². The molecule has 1 aliphatic rings. The average Bonchev–Trinajstić information content (AvgIpc) is 2.98. The molecule has 0 bridgehead atoms. The van der Waals surface area contributed by atoms with E-state index in [0.717, 1.165) is 45.8 Å². The van der Waals surface area contributed by atoms with Crippen molar-refractivity contribution in [1.82, 2.24) is 4.98 Å². The number of para-hydroxylation sites is 3. The normalized spacial score (nSPS) is 12.0. The Balaban J connectivity index is 1.63. The molecule has 2 nitrogen and oxygen atoms in total. The van der Waals surface area contributed by atoms with Gasteiger partial charge in [-0.25, -0.2) is 4.98 Å². The van der Waals surface area contributed by atoms with E-state index in [2.05, 4.69) is 105 Å². The SMILES string of the molecule is CC(C)Cc1cc(-c2cccc3c2Oc2ccccc2-c2ccccc2-3)nc2ccccc12. The van der Waals surface area contributed by atoms with Crippen molar-refractivity contribution >= 4 is 10.9 Å². The van der Waals surface area contributed by atoms with Crippen molar-refractivity contribution in [3.63, 3.8) is 0 Å². The molecule has 33 heavy (non-hydrogen) atoms. The molecule has 0 unspecified atom stereocenters. The van der Waals surface area contributed by atoms with Crippen molar-refractivity contribution in [3.8, 4) is 45.0 Å². The van der Waals surface area contributed by atoms with Gasteiger partial charge in [-0.15, -0.1) is 0 Å². The second-order valence-corrected chi connectivity index (χ2v) is 9.11. The van der Waals surface area contributed by atoms with Crippen LogP contribution in [0.25, 0.3) is 44.4 Å². The zero-order valence-corrected chi connectivity index (χ0v) is 18.9. The first-order valence-corrected chi connectivity index (χ1v) is 11.6. The van der Waals surface area contributed by atoms with E-state index in [1.54, 1.807) is 0 Å². The van der Waals surface area contributed by atoms with E-state index in [9.17, 15) is 0 Å².